The van der Waals surface area contributed by atoms with Gasteiger partial charge in [0.15, 0.2) is 0 Å². The number of nitrogens with one attached hydrogen (secondary N) is 1. The van der Waals surface area contributed by atoms with Gasteiger partial charge >= 0.3 is 5.69 Å². The van der Waals surface area contributed by atoms with Crippen LogP contribution in [0.1, 0.15) is 0 Å². The highest BCUT2D eigenvalue weighted by molar-refractivity contribution is 9.10. The Morgan fingerprint density at radius 3 is 2.26 bits per heavy atom. The van der Waals surface area contributed by atoms with Crippen LogP contribution < -0.4 is 19.9 Å². The third kappa shape index (κ3) is 4.69. The Balaban J connectivity index is 1.52. The molecule has 3 aromatic rings. The van der Waals surface area contributed by atoms with E-state index in [1.807, 2.05) is 53.4 Å². The SMILES string of the molecule is COc1ccc(N2CCN(c3ncnc(Nc4ccc(Br)cc4)c3[N+](=O)[O-])CC2)cc1. The Morgan fingerprint density at radius 1 is 1.00 bits per heavy atom. The predicted molar refractivity (Wildman–Crippen MR) is 124 cm³/mol. The van der Waals surface area contributed by atoms with Crippen LogP contribution in [0.2, 0.25) is 0 Å². The normalized spacial score (nSPS) is 13.7. The molecule has 1 aliphatic rings. The molecule has 0 radical (unpaired) electrons. The predicted octanol–water partition coefficient (Wildman–Crippen LogP) is 4.23. The Kier molecular flexibility index (Phi) is 6.17. The average molecular weight is 485 g/mol. The molecule has 1 N–H and O–H groups in total. The number of nitro groups is 1. The Labute approximate surface area is 188 Å². The summed E-state index contributed by atoms with van der Waals surface area (Å²) in [7, 11) is 1.64. The molecule has 2 heterocycles. The zero-order valence-corrected chi connectivity index (χ0v) is 18.4. The van der Waals surface area contributed by atoms with Gasteiger partial charge in [0, 0.05) is 42.0 Å². The van der Waals surface area contributed by atoms with Crippen molar-refractivity contribution in [1.29, 1.82) is 0 Å². The lowest BCUT2D eigenvalue weighted by Crippen LogP contribution is -2.47. The summed E-state index contributed by atoms with van der Waals surface area (Å²) in [6.45, 7) is 2.68. The van der Waals surface area contributed by atoms with Crippen molar-refractivity contribution < 1.29 is 9.66 Å². The van der Waals surface area contributed by atoms with Crippen molar-refractivity contribution in [3.8, 4) is 5.75 Å². The first kappa shape index (κ1) is 20.9. The maximum atomic E-state index is 11.9. The van der Waals surface area contributed by atoms with E-state index in [1.165, 1.54) is 6.33 Å². The maximum absolute atomic E-state index is 11.9. The van der Waals surface area contributed by atoms with Crippen LogP contribution in [0.15, 0.2) is 59.3 Å². The van der Waals surface area contributed by atoms with Gasteiger partial charge in [0.2, 0.25) is 11.6 Å². The van der Waals surface area contributed by atoms with Crippen LogP contribution >= 0.6 is 15.9 Å². The highest BCUT2D eigenvalue weighted by Gasteiger charge is 2.29. The summed E-state index contributed by atoms with van der Waals surface area (Å²) in [6, 6.07) is 15.2. The van der Waals surface area contributed by atoms with Crippen LogP contribution in [-0.4, -0.2) is 48.2 Å². The number of halogens is 1. The van der Waals surface area contributed by atoms with Crippen molar-refractivity contribution in [3.63, 3.8) is 0 Å². The lowest BCUT2D eigenvalue weighted by Gasteiger charge is -2.36. The second kappa shape index (κ2) is 9.17. The first-order valence-corrected chi connectivity index (χ1v) is 10.5. The van der Waals surface area contributed by atoms with Crippen molar-refractivity contribution in [2.45, 2.75) is 0 Å². The molecule has 31 heavy (non-hydrogen) atoms. The first-order chi connectivity index (χ1) is 15.0. The average Bonchev–Trinajstić information content (AvgIpc) is 2.80. The van der Waals surface area contributed by atoms with Gasteiger partial charge in [-0.2, -0.15) is 0 Å². The van der Waals surface area contributed by atoms with Gasteiger partial charge in [0.05, 0.1) is 12.0 Å². The first-order valence-electron chi connectivity index (χ1n) is 9.71. The number of anilines is 4. The summed E-state index contributed by atoms with van der Waals surface area (Å²) < 4.78 is 6.14. The summed E-state index contributed by atoms with van der Waals surface area (Å²) >= 11 is 3.38. The van der Waals surface area contributed by atoms with Gasteiger partial charge in [-0.1, -0.05) is 15.9 Å². The molecular formula is C21H21BrN6O3. The fraction of sp³-hybridized carbons (Fsp3) is 0.238. The van der Waals surface area contributed by atoms with Gasteiger partial charge in [-0.15, -0.1) is 0 Å². The third-order valence-electron chi connectivity index (χ3n) is 5.11. The minimum atomic E-state index is -0.424. The van der Waals surface area contributed by atoms with Crippen molar-refractivity contribution in [2.24, 2.45) is 0 Å². The molecule has 0 bridgehead atoms. The standard InChI is InChI=1S/C21H21BrN6O3/c1-31-18-8-6-17(7-9-18)26-10-12-27(13-11-26)21-19(28(29)30)20(23-14-24-21)25-16-4-2-15(22)3-5-16/h2-9,14H,10-13H2,1H3,(H,23,24,25). The molecule has 9 nitrogen and oxygen atoms in total. The van der Waals surface area contributed by atoms with E-state index in [4.69, 9.17) is 4.74 Å². The Morgan fingerprint density at radius 2 is 1.65 bits per heavy atom. The van der Waals surface area contributed by atoms with E-state index < -0.39 is 4.92 Å². The van der Waals surface area contributed by atoms with E-state index in [0.29, 0.717) is 24.6 Å². The highest BCUT2D eigenvalue weighted by Crippen LogP contribution is 2.34. The van der Waals surface area contributed by atoms with Crippen LogP contribution in [-0.2, 0) is 0 Å². The molecule has 0 spiro atoms. The van der Waals surface area contributed by atoms with Crippen molar-refractivity contribution >= 4 is 44.6 Å². The molecule has 1 aromatic heterocycles. The monoisotopic (exact) mass is 484 g/mol. The molecule has 0 saturated carbocycles. The van der Waals surface area contributed by atoms with Crippen molar-refractivity contribution in [3.05, 3.63) is 69.4 Å². The van der Waals surface area contributed by atoms with Gasteiger partial charge in [-0.05, 0) is 48.5 Å². The zero-order valence-electron chi connectivity index (χ0n) is 16.9. The topological polar surface area (TPSA) is 96.7 Å². The number of rotatable bonds is 6. The molecule has 2 aromatic carbocycles. The van der Waals surface area contributed by atoms with E-state index >= 15 is 0 Å². The lowest BCUT2D eigenvalue weighted by molar-refractivity contribution is -0.383. The molecule has 1 aliphatic heterocycles. The van der Waals surface area contributed by atoms with E-state index in [0.717, 1.165) is 29.0 Å². The lowest BCUT2D eigenvalue weighted by atomic mass is 10.2. The van der Waals surface area contributed by atoms with E-state index in [-0.39, 0.29) is 11.5 Å². The molecular weight excluding hydrogens is 464 g/mol. The molecule has 0 amide bonds. The molecule has 0 unspecified atom stereocenters. The molecule has 1 saturated heterocycles. The van der Waals surface area contributed by atoms with Crippen LogP contribution in [0, 0.1) is 10.1 Å². The molecule has 10 heteroatoms. The fourth-order valence-corrected chi connectivity index (χ4v) is 3.76. The molecule has 4 rings (SSSR count). The van der Waals surface area contributed by atoms with Crippen LogP contribution in [0.5, 0.6) is 5.75 Å². The van der Waals surface area contributed by atoms with E-state index in [2.05, 4.69) is 36.1 Å². The summed E-state index contributed by atoms with van der Waals surface area (Å²) in [6.07, 6.45) is 1.36. The van der Waals surface area contributed by atoms with Gasteiger partial charge in [-0.25, -0.2) is 9.97 Å². The van der Waals surface area contributed by atoms with E-state index in [1.54, 1.807) is 7.11 Å². The molecule has 1 fully saturated rings. The molecule has 160 valence electrons. The number of hydrogen-bond acceptors (Lipinski definition) is 8. The minimum absolute atomic E-state index is 0.122. The number of hydrogen-bond donors (Lipinski definition) is 1. The van der Waals surface area contributed by atoms with Crippen LogP contribution in [0.3, 0.4) is 0 Å². The van der Waals surface area contributed by atoms with Crippen molar-refractivity contribution in [1.82, 2.24) is 9.97 Å². The van der Waals surface area contributed by atoms with Gasteiger partial charge in [0.1, 0.15) is 12.1 Å². The second-order valence-corrected chi connectivity index (χ2v) is 7.87. The minimum Gasteiger partial charge on any atom is -0.497 e. The summed E-state index contributed by atoms with van der Waals surface area (Å²) in [5, 5.41) is 14.9. The summed E-state index contributed by atoms with van der Waals surface area (Å²) in [5.74, 6) is 1.31. The number of piperazine rings is 1. The third-order valence-corrected chi connectivity index (χ3v) is 5.64. The van der Waals surface area contributed by atoms with Gasteiger partial charge < -0.3 is 19.9 Å². The number of methoxy groups -OCH3 is 1. The molecule has 0 atom stereocenters. The maximum Gasteiger partial charge on any atom is 0.353 e. The zero-order chi connectivity index (χ0) is 21.8. The number of aromatic nitrogens is 2. The van der Waals surface area contributed by atoms with Crippen LogP contribution in [0.4, 0.5) is 28.7 Å². The quantitative estimate of drug-likeness (QED) is 0.410. The van der Waals surface area contributed by atoms with Crippen molar-refractivity contribution in [2.75, 3.05) is 48.4 Å². The Bertz CT molecular complexity index is 1050. The van der Waals surface area contributed by atoms with Gasteiger partial charge in [0.25, 0.3) is 0 Å². The van der Waals surface area contributed by atoms with Gasteiger partial charge in [-0.3, -0.25) is 10.1 Å². The van der Waals surface area contributed by atoms with Crippen LogP contribution in [0.25, 0.3) is 0 Å². The fourth-order valence-electron chi connectivity index (χ4n) is 3.50. The number of ether oxygens (including phenoxy) is 1. The largest absolute Gasteiger partial charge is 0.497 e. The van der Waals surface area contributed by atoms with E-state index in [9.17, 15) is 10.1 Å². The number of benzene rings is 2. The smallest absolute Gasteiger partial charge is 0.353 e. The number of nitrogens with zero attached hydrogens (tertiary/aromatic N) is 5. The highest BCUT2D eigenvalue weighted by atomic mass is 79.9. The summed E-state index contributed by atoms with van der Waals surface area (Å²) in [4.78, 5) is 24.0. The summed E-state index contributed by atoms with van der Waals surface area (Å²) in [5.41, 5.74) is 1.68. The second-order valence-electron chi connectivity index (χ2n) is 6.96. The Hall–Kier alpha value is -3.40. The molecule has 0 aliphatic carbocycles.